The first-order valence-corrected chi connectivity index (χ1v) is 6.20. The van der Waals surface area contributed by atoms with E-state index in [4.69, 9.17) is 11.3 Å². The molecule has 0 fully saturated rings. The number of phosphoric ester groups is 1. The van der Waals surface area contributed by atoms with Crippen molar-refractivity contribution in [1.82, 2.24) is 0 Å². The lowest BCUT2D eigenvalue weighted by atomic mass is 10.3. The van der Waals surface area contributed by atoms with Gasteiger partial charge in [-0.25, -0.2) is 0 Å². The number of hydrogen-bond acceptors (Lipinski definition) is 3. The molecule has 1 N–H and O–H groups in total. The minimum atomic E-state index is -4.58. The molecule has 5 nitrogen and oxygen atoms in total. The van der Waals surface area contributed by atoms with E-state index in [1.165, 1.54) is 0 Å². The van der Waals surface area contributed by atoms with Gasteiger partial charge in [-0.15, -0.1) is 12.3 Å². The summed E-state index contributed by atoms with van der Waals surface area (Å²) in [7, 11) is -0.673. The van der Waals surface area contributed by atoms with Crippen LogP contribution in [0.5, 0.6) is 0 Å². The maximum Gasteiger partial charge on any atom is 0.265 e. The average Bonchev–Trinajstić information content (AvgIpc) is 2.01. The highest BCUT2D eigenvalue weighted by Gasteiger charge is 2.15. The highest BCUT2D eigenvalue weighted by Crippen LogP contribution is 2.29. The minimum Gasteiger partial charge on any atom is -0.756 e. The van der Waals surface area contributed by atoms with Crippen molar-refractivity contribution in [2.45, 2.75) is 12.8 Å². The Kier molecular flexibility index (Phi) is 6.11. The summed E-state index contributed by atoms with van der Waals surface area (Å²) in [4.78, 5) is 18.7. The number of likely N-dealkylation sites (N-methyl/N-ethyl adjacent to an activating group) is 1. The molecule has 0 aromatic carbocycles. The Morgan fingerprint density at radius 1 is 1.53 bits per heavy atom. The second-order valence-electron chi connectivity index (χ2n) is 3.99. The summed E-state index contributed by atoms with van der Waals surface area (Å²) in [5, 5.41) is 0. The van der Waals surface area contributed by atoms with Gasteiger partial charge in [0.2, 0.25) is 0 Å². The van der Waals surface area contributed by atoms with Gasteiger partial charge < -0.3 is 18.8 Å². The number of rotatable bonds is 7. The number of unbranched alkanes of at least 4 members (excludes halogenated alkanes) is 1. The van der Waals surface area contributed by atoms with Crippen molar-refractivity contribution >= 4 is 7.82 Å². The highest BCUT2D eigenvalue weighted by atomic mass is 31.2. The van der Waals surface area contributed by atoms with Gasteiger partial charge in [0, 0.05) is 12.8 Å². The first-order valence-electron chi connectivity index (χ1n) is 4.71. The lowest BCUT2D eigenvalue weighted by Crippen LogP contribution is -2.43. The second kappa shape index (κ2) is 6.26. The SMILES string of the molecule is C#CCCC[N+](C)(C)CCOP(=O)([O-])O. The molecule has 0 radical (unpaired) electrons. The van der Waals surface area contributed by atoms with Crippen LogP contribution in [-0.4, -0.2) is 43.2 Å². The zero-order chi connectivity index (χ0) is 11.9. The fraction of sp³-hybridized carbons (Fsp3) is 0.778. The fourth-order valence-corrected chi connectivity index (χ4v) is 1.44. The van der Waals surface area contributed by atoms with Crippen molar-refractivity contribution < 1.29 is 23.4 Å². The summed E-state index contributed by atoms with van der Waals surface area (Å²) in [5.41, 5.74) is 0. The predicted molar refractivity (Wildman–Crippen MR) is 55.7 cm³/mol. The van der Waals surface area contributed by atoms with Crippen LogP contribution < -0.4 is 4.89 Å². The zero-order valence-corrected chi connectivity index (χ0v) is 10.1. The molecular formula is C9H18NO4P. The van der Waals surface area contributed by atoms with E-state index < -0.39 is 7.82 Å². The lowest BCUT2D eigenvalue weighted by Gasteiger charge is -2.30. The van der Waals surface area contributed by atoms with Gasteiger partial charge in [-0.3, -0.25) is 4.57 Å². The molecule has 0 spiro atoms. The van der Waals surface area contributed by atoms with Crippen LogP contribution in [0.25, 0.3) is 0 Å². The molecule has 15 heavy (non-hydrogen) atoms. The molecule has 0 rings (SSSR count). The van der Waals surface area contributed by atoms with E-state index in [-0.39, 0.29) is 6.61 Å². The standard InChI is InChI=1S/C9H18NO4P/c1-4-5-6-7-10(2,3)8-9-14-15(11,12)13/h1H,5-9H2,2-3H3,(H-,11,12,13). The lowest BCUT2D eigenvalue weighted by molar-refractivity contribution is -0.890. The summed E-state index contributed by atoms with van der Waals surface area (Å²) in [6.07, 6.45) is 6.72. The Labute approximate surface area is 90.9 Å². The van der Waals surface area contributed by atoms with Crippen molar-refractivity contribution in [3.63, 3.8) is 0 Å². The van der Waals surface area contributed by atoms with Crippen LogP contribution in [0.1, 0.15) is 12.8 Å². The second-order valence-corrected chi connectivity index (χ2v) is 5.19. The summed E-state index contributed by atoms with van der Waals surface area (Å²) >= 11 is 0. The summed E-state index contributed by atoms with van der Waals surface area (Å²) in [6, 6.07) is 0. The quantitative estimate of drug-likeness (QED) is 0.291. The van der Waals surface area contributed by atoms with Crippen LogP contribution >= 0.6 is 7.82 Å². The van der Waals surface area contributed by atoms with E-state index in [1.54, 1.807) is 0 Å². The molecule has 0 saturated carbocycles. The molecule has 1 atom stereocenters. The molecule has 0 bridgehead atoms. The maximum atomic E-state index is 10.3. The topological polar surface area (TPSA) is 69.6 Å². The van der Waals surface area contributed by atoms with E-state index in [9.17, 15) is 9.46 Å². The maximum absolute atomic E-state index is 10.3. The fourth-order valence-electron chi connectivity index (χ4n) is 1.12. The van der Waals surface area contributed by atoms with Crippen LogP contribution in [0.15, 0.2) is 0 Å². The zero-order valence-electron chi connectivity index (χ0n) is 9.18. The van der Waals surface area contributed by atoms with E-state index in [1.807, 2.05) is 14.1 Å². The average molecular weight is 235 g/mol. The van der Waals surface area contributed by atoms with Crippen LogP contribution in [0.3, 0.4) is 0 Å². The Morgan fingerprint density at radius 2 is 2.13 bits per heavy atom. The molecule has 0 aromatic rings. The van der Waals surface area contributed by atoms with Crippen molar-refractivity contribution in [3.8, 4) is 12.3 Å². The Morgan fingerprint density at radius 3 is 2.60 bits per heavy atom. The summed E-state index contributed by atoms with van der Waals surface area (Å²) in [5.74, 6) is 2.54. The van der Waals surface area contributed by atoms with Gasteiger partial charge in [-0.2, -0.15) is 0 Å². The minimum absolute atomic E-state index is 0.0136. The number of hydrogen-bond donors (Lipinski definition) is 1. The van der Waals surface area contributed by atoms with Gasteiger partial charge in [0.15, 0.2) is 0 Å². The first kappa shape index (κ1) is 14.6. The van der Waals surface area contributed by atoms with Crippen LogP contribution in [-0.2, 0) is 9.09 Å². The van der Waals surface area contributed by atoms with E-state index in [0.717, 1.165) is 13.0 Å². The van der Waals surface area contributed by atoms with Gasteiger partial charge in [0.1, 0.15) is 13.2 Å². The third-order valence-electron chi connectivity index (χ3n) is 2.04. The van der Waals surface area contributed by atoms with Gasteiger partial charge in [-0.05, 0) is 0 Å². The van der Waals surface area contributed by atoms with Gasteiger partial charge in [0.05, 0.1) is 20.6 Å². The van der Waals surface area contributed by atoms with Gasteiger partial charge in [0.25, 0.3) is 7.82 Å². The normalized spacial score (nSPS) is 15.7. The number of nitrogens with zero attached hydrogens (tertiary/aromatic N) is 1. The first-order chi connectivity index (χ1) is 6.77. The monoisotopic (exact) mass is 235 g/mol. The molecule has 0 aliphatic rings. The van der Waals surface area contributed by atoms with E-state index >= 15 is 0 Å². The smallest absolute Gasteiger partial charge is 0.265 e. The molecule has 88 valence electrons. The van der Waals surface area contributed by atoms with Crippen LogP contribution in [0.2, 0.25) is 0 Å². The summed E-state index contributed by atoms with van der Waals surface area (Å²) < 4.78 is 15.2. The molecule has 0 saturated heterocycles. The van der Waals surface area contributed by atoms with Crippen molar-refractivity contribution in [1.29, 1.82) is 0 Å². The highest BCUT2D eigenvalue weighted by molar-refractivity contribution is 7.44. The van der Waals surface area contributed by atoms with Crippen LogP contribution in [0, 0.1) is 12.3 Å². The van der Waals surface area contributed by atoms with Crippen LogP contribution in [0.4, 0.5) is 0 Å². The molecule has 6 heteroatoms. The predicted octanol–water partition coefficient (Wildman–Crippen LogP) is -0.0465. The molecule has 1 unspecified atom stereocenters. The van der Waals surface area contributed by atoms with Crippen molar-refractivity contribution in [2.75, 3.05) is 33.8 Å². The number of quaternary nitrogens is 1. The third-order valence-corrected chi connectivity index (χ3v) is 2.54. The van der Waals surface area contributed by atoms with Gasteiger partial charge >= 0.3 is 0 Å². The summed E-state index contributed by atoms with van der Waals surface area (Å²) in [6.45, 7) is 1.35. The van der Waals surface area contributed by atoms with Crippen molar-refractivity contribution in [3.05, 3.63) is 0 Å². The van der Waals surface area contributed by atoms with Crippen molar-refractivity contribution in [2.24, 2.45) is 0 Å². The molecule has 0 heterocycles. The Bertz CT molecular complexity index is 266. The third kappa shape index (κ3) is 9.92. The molecule has 0 amide bonds. The Hall–Kier alpha value is -0.370. The Balaban J connectivity index is 3.74. The van der Waals surface area contributed by atoms with Gasteiger partial charge in [-0.1, -0.05) is 0 Å². The largest absolute Gasteiger partial charge is 0.756 e. The molecule has 0 aromatic heterocycles. The number of phosphoric acid groups is 1. The van der Waals surface area contributed by atoms with E-state index in [2.05, 4.69) is 10.4 Å². The molecular weight excluding hydrogens is 217 g/mol. The molecule has 0 aliphatic carbocycles. The number of terminal acetylenes is 1. The van der Waals surface area contributed by atoms with E-state index in [0.29, 0.717) is 17.4 Å². The molecule has 0 aliphatic heterocycles.